The van der Waals surface area contributed by atoms with Gasteiger partial charge in [-0.2, -0.15) is 0 Å². The van der Waals surface area contributed by atoms with Crippen LogP contribution >= 0.6 is 0 Å². The van der Waals surface area contributed by atoms with Crippen molar-refractivity contribution in [2.24, 2.45) is 0 Å². The van der Waals surface area contributed by atoms with Gasteiger partial charge < -0.3 is 23.8 Å². The Morgan fingerprint density at radius 2 is 1.39 bits per heavy atom. The highest BCUT2D eigenvalue weighted by Gasteiger charge is 2.15. The van der Waals surface area contributed by atoms with E-state index in [-0.39, 0.29) is 39.2 Å². The maximum atomic E-state index is 13.0. The van der Waals surface area contributed by atoms with Crippen LogP contribution in [0, 0.1) is 6.92 Å². The molecule has 0 aliphatic rings. The Morgan fingerprint density at radius 1 is 0.684 bits per heavy atom. The van der Waals surface area contributed by atoms with Crippen molar-refractivity contribution in [2.45, 2.75) is 6.92 Å². The normalized spacial score (nSPS) is 11.2. The molecule has 6 aromatic rings. The van der Waals surface area contributed by atoms with Crippen molar-refractivity contribution < 1.29 is 23.8 Å². The van der Waals surface area contributed by atoms with Gasteiger partial charge in [-0.3, -0.25) is 9.59 Å². The number of aromatic hydroxyl groups is 2. The zero-order valence-electron chi connectivity index (χ0n) is 20.1. The van der Waals surface area contributed by atoms with Crippen molar-refractivity contribution >= 4 is 21.9 Å². The molecule has 38 heavy (non-hydrogen) atoms. The molecule has 0 amide bonds. The lowest BCUT2D eigenvalue weighted by Crippen LogP contribution is -2.05. The summed E-state index contributed by atoms with van der Waals surface area (Å²) in [5, 5.41) is 21.1. The summed E-state index contributed by atoms with van der Waals surface area (Å²) in [4.78, 5) is 26.0. The van der Waals surface area contributed by atoms with Gasteiger partial charge in [-0.1, -0.05) is 30.3 Å². The van der Waals surface area contributed by atoms with Crippen LogP contribution in [-0.4, -0.2) is 10.2 Å². The summed E-state index contributed by atoms with van der Waals surface area (Å²) < 4.78 is 17.1. The molecule has 0 aliphatic carbocycles. The number of ether oxygens (including phenoxy) is 1. The van der Waals surface area contributed by atoms with Crippen molar-refractivity contribution in [1.29, 1.82) is 0 Å². The average molecular weight is 504 g/mol. The van der Waals surface area contributed by atoms with Crippen molar-refractivity contribution in [2.75, 3.05) is 0 Å². The smallest absolute Gasteiger partial charge is 0.204 e. The SMILES string of the molecule is Cc1ccc2c(=O)c(-c3ccc(Oc4cc(-c5coc6cccc(O)c6c5=O)ccc4O)cc3)coc2c1. The molecule has 0 saturated heterocycles. The first kappa shape index (κ1) is 23.1. The third-order valence-corrected chi connectivity index (χ3v) is 6.37. The highest BCUT2D eigenvalue weighted by molar-refractivity contribution is 5.87. The molecular weight excluding hydrogens is 484 g/mol. The highest BCUT2D eigenvalue weighted by Crippen LogP contribution is 2.35. The first-order valence-corrected chi connectivity index (χ1v) is 11.8. The van der Waals surface area contributed by atoms with Crippen LogP contribution in [0.3, 0.4) is 0 Å². The van der Waals surface area contributed by atoms with Gasteiger partial charge in [0.15, 0.2) is 16.9 Å². The van der Waals surface area contributed by atoms with Crippen LogP contribution in [0.5, 0.6) is 23.0 Å². The van der Waals surface area contributed by atoms with Crippen molar-refractivity contribution in [3.8, 4) is 45.3 Å². The van der Waals surface area contributed by atoms with E-state index in [1.54, 1.807) is 48.5 Å². The molecule has 2 aromatic heterocycles. The fourth-order valence-corrected chi connectivity index (χ4v) is 4.38. The number of aryl methyl sites for hydroxylation is 1. The summed E-state index contributed by atoms with van der Waals surface area (Å²) in [5.41, 5.74) is 2.98. The number of hydrogen-bond acceptors (Lipinski definition) is 7. The Kier molecular flexibility index (Phi) is 5.46. The summed E-state index contributed by atoms with van der Waals surface area (Å²) in [6.45, 7) is 1.93. The highest BCUT2D eigenvalue weighted by atomic mass is 16.5. The molecule has 2 N–H and O–H groups in total. The van der Waals surface area contributed by atoms with Crippen LogP contribution in [0.1, 0.15) is 5.56 Å². The number of hydrogen-bond donors (Lipinski definition) is 2. The number of benzene rings is 4. The molecular formula is C31H20O7. The molecule has 6 rings (SSSR count). The monoisotopic (exact) mass is 504 g/mol. The molecule has 0 fully saturated rings. The molecule has 4 aromatic carbocycles. The predicted octanol–water partition coefficient (Wildman–Crippen LogP) is 6.75. The fourth-order valence-electron chi connectivity index (χ4n) is 4.38. The predicted molar refractivity (Wildman–Crippen MR) is 144 cm³/mol. The molecule has 0 atom stereocenters. The molecule has 0 radical (unpaired) electrons. The van der Waals surface area contributed by atoms with Gasteiger partial charge >= 0.3 is 0 Å². The van der Waals surface area contributed by atoms with Gasteiger partial charge in [0.1, 0.15) is 40.6 Å². The van der Waals surface area contributed by atoms with Crippen LogP contribution in [-0.2, 0) is 0 Å². The van der Waals surface area contributed by atoms with Gasteiger partial charge in [-0.25, -0.2) is 0 Å². The molecule has 2 heterocycles. The molecule has 0 unspecified atom stereocenters. The molecule has 0 aliphatic heterocycles. The van der Waals surface area contributed by atoms with E-state index in [1.165, 1.54) is 30.7 Å². The number of fused-ring (bicyclic) bond motifs is 2. The van der Waals surface area contributed by atoms with Crippen LogP contribution in [0.4, 0.5) is 0 Å². The third kappa shape index (κ3) is 3.96. The lowest BCUT2D eigenvalue weighted by atomic mass is 10.0. The van der Waals surface area contributed by atoms with Crippen molar-refractivity contribution in [1.82, 2.24) is 0 Å². The van der Waals surface area contributed by atoms with Gasteiger partial charge in [0.05, 0.1) is 16.5 Å². The Hall–Kier alpha value is -5.30. The van der Waals surface area contributed by atoms with Crippen LogP contribution < -0.4 is 15.6 Å². The van der Waals surface area contributed by atoms with Gasteiger partial charge in [0, 0.05) is 0 Å². The van der Waals surface area contributed by atoms with E-state index >= 15 is 0 Å². The molecule has 7 heteroatoms. The lowest BCUT2D eigenvalue weighted by molar-refractivity contribution is 0.411. The summed E-state index contributed by atoms with van der Waals surface area (Å²) in [6, 6.07) is 21.3. The van der Waals surface area contributed by atoms with Crippen molar-refractivity contribution in [3.05, 3.63) is 117 Å². The Bertz CT molecular complexity index is 1960. The van der Waals surface area contributed by atoms with E-state index in [4.69, 9.17) is 13.6 Å². The second-order valence-corrected chi connectivity index (χ2v) is 8.92. The quantitative estimate of drug-likeness (QED) is 0.273. The molecule has 0 spiro atoms. The summed E-state index contributed by atoms with van der Waals surface area (Å²) >= 11 is 0. The van der Waals surface area contributed by atoms with Gasteiger partial charge in [0.25, 0.3) is 0 Å². The third-order valence-electron chi connectivity index (χ3n) is 6.37. The average Bonchev–Trinajstić information content (AvgIpc) is 2.91. The summed E-state index contributed by atoms with van der Waals surface area (Å²) in [6.07, 6.45) is 2.76. The Labute approximate surface area is 215 Å². The van der Waals surface area contributed by atoms with E-state index in [2.05, 4.69) is 0 Å². The molecule has 7 nitrogen and oxygen atoms in total. The first-order valence-electron chi connectivity index (χ1n) is 11.8. The molecule has 186 valence electrons. The van der Waals surface area contributed by atoms with Gasteiger partial charge in [-0.15, -0.1) is 0 Å². The van der Waals surface area contributed by atoms with E-state index in [0.29, 0.717) is 33.4 Å². The minimum atomic E-state index is -0.408. The number of phenols is 2. The largest absolute Gasteiger partial charge is 0.507 e. The maximum absolute atomic E-state index is 13.0. The first-order chi connectivity index (χ1) is 18.4. The molecule has 0 bridgehead atoms. The molecule has 0 saturated carbocycles. The Balaban J connectivity index is 1.32. The fraction of sp³-hybridized carbons (Fsp3) is 0.0323. The summed E-state index contributed by atoms with van der Waals surface area (Å²) in [7, 11) is 0. The van der Waals surface area contributed by atoms with E-state index in [0.717, 1.165) is 5.56 Å². The summed E-state index contributed by atoms with van der Waals surface area (Å²) in [5.74, 6) is 0.220. The van der Waals surface area contributed by atoms with Crippen LogP contribution in [0.15, 0.2) is 110 Å². The Morgan fingerprint density at radius 3 is 2.18 bits per heavy atom. The number of rotatable bonds is 4. The lowest BCUT2D eigenvalue weighted by Gasteiger charge is -2.11. The topological polar surface area (TPSA) is 110 Å². The standard InChI is InChI=1S/C31H20O7/c1-17-5-11-21-27(13-17)37-15-22(30(21)34)18-6-9-20(10-7-18)38-28-14-19(8-12-24(28)32)23-16-36-26-4-2-3-25(33)29(26)31(23)35/h2-16,32-33H,1H3. The van der Waals surface area contributed by atoms with Crippen LogP contribution in [0.25, 0.3) is 44.2 Å². The zero-order valence-corrected chi connectivity index (χ0v) is 20.1. The maximum Gasteiger partial charge on any atom is 0.204 e. The zero-order chi connectivity index (χ0) is 26.4. The minimum Gasteiger partial charge on any atom is -0.507 e. The van der Waals surface area contributed by atoms with Crippen LogP contribution in [0.2, 0.25) is 0 Å². The van der Waals surface area contributed by atoms with Gasteiger partial charge in [0.2, 0.25) is 5.43 Å². The second-order valence-electron chi connectivity index (χ2n) is 8.92. The number of phenolic OH excluding ortho intramolecular Hbond substituents is 2. The van der Waals surface area contributed by atoms with Gasteiger partial charge in [-0.05, 0) is 72.1 Å². The second kappa shape index (κ2) is 8.97. The van der Waals surface area contributed by atoms with E-state index in [9.17, 15) is 19.8 Å². The van der Waals surface area contributed by atoms with Crippen molar-refractivity contribution in [3.63, 3.8) is 0 Å². The van der Waals surface area contributed by atoms with E-state index in [1.807, 2.05) is 19.1 Å². The van der Waals surface area contributed by atoms with E-state index < -0.39 is 5.43 Å². The minimum absolute atomic E-state index is 0.0736.